The monoisotopic (exact) mass is 456 g/mol. The van der Waals surface area contributed by atoms with Crippen LogP contribution in [0.4, 0.5) is 0 Å². The molecule has 31 heavy (non-hydrogen) atoms. The molecule has 0 atom stereocenters. The zero-order chi connectivity index (χ0) is 22.9. The third-order valence-electron chi connectivity index (χ3n) is 4.95. The van der Waals surface area contributed by atoms with Crippen molar-refractivity contribution in [2.45, 2.75) is 20.4 Å². The number of halogens is 2. The normalized spacial score (nSPS) is 10.6. The van der Waals surface area contributed by atoms with Crippen molar-refractivity contribution in [2.24, 2.45) is 0 Å². The van der Waals surface area contributed by atoms with Gasteiger partial charge in [-0.05, 0) is 37.1 Å². The Hall–Kier alpha value is -3.27. The number of carbonyl (C=O) groups is 1. The highest BCUT2D eigenvalue weighted by Gasteiger charge is 2.26. The van der Waals surface area contributed by atoms with Gasteiger partial charge in [-0.1, -0.05) is 53.0 Å². The van der Waals surface area contributed by atoms with Crippen molar-refractivity contribution in [3.05, 3.63) is 90.2 Å². The number of nitriles is 1. The lowest BCUT2D eigenvalue weighted by molar-refractivity contribution is 0.103. The second kappa shape index (κ2) is 8.84. The summed E-state index contributed by atoms with van der Waals surface area (Å²) in [4.78, 5) is 26.1. The average molecular weight is 457 g/mol. The lowest BCUT2D eigenvalue weighted by atomic mass is 9.97. The topological polar surface area (TPSA) is 92.3 Å². The van der Waals surface area contributed by atoms with Crippen molar-refractivity contribution in [1.29, 1.82) is 5.26 Å². The van der Waals surface area contributed by atoms with Gasteiger partial charge >= 0.3 is 0 Å². The van der Waals surface area contributed by atoms with E-state index in [9.17, 15) is 20.0 Å². The number of hydrogen-bond donors (Lipinski definition) is 1. The fourth-order valence-electron chi connectivity index (χ4n) is 3.28. The van der Waals surface area contributed by atoms with Crippen LogP contribution in [0.5, 0.6) is 11.6 Å². The summed E-state index contributed by atoms with van der Waals surface area (Å²) >= 11 is 12.3. The van der Waals surface area contributed by atoms with Gasteiger partial charge < -0.3 is 9.84 Å². The zero-order valence-corrected chi connectivity index (χ0v) is 18.5. The molecule has 8 heteroatoms. The van der Waals surface area contributed by atoms with Gasteiger partial charge in [0.2, 0.25) is 5.88 Å². The first-order valence-electron chi connectivity index (χ1n) is 9.19. The first kappa shape index (κ1) is 22.4. The summed E-state index contributed by atoms with van der Waals surface area (Å²) in [5, 5.41) is 20.7. The minimum absolute atomic E-state index is 0.00961. The molecule has 2 aromatic carbocycles. The fraction of sp³-hybridized carbons (Fsp3) is 0.174. The summed E-state index contributed by atoms with van der Waals surface area (Å²) in [6.07, 6.45) is 0. The number of aromatic hydroxyl groups is 1. The van der Waals surface area contributed by atoms with E-state index in [2.05, 4.69) is 0 Å². The second-order valence-electron chi connectivity index (χ2n) is 6.99. The number of hydrogen-bond acceptors (Lipinski definition) is 5. The van der Waals surface area contributed by atoms with Gasteiger partial charge in [-0.2, -0.15) is 5.26 Å². The standard InChI is InChI=1S/C23H18Cl2N2O4/c1-12-4-6-14(7-5-12)11-27-22(29)16(10-26)13(2)19(23(27)30)20(28)15-8-17(24)21(31-3)18(25)9-15/h4-9,30H,11H2,1-3H3. The average Bonchev–Trinajstić information content (AvgIpc) is 2.72. The highest BCUT2D eigenvalue weighted by atomic mass is 35.5. The lowest BCUT2D eigenvalue weighted by Crippen LogP contribution is -2.27. The van der Waals surface area contributed by atoms with Crippen LogP contribution in [0.2, 0.25) is 10.0 Å². The van der Waals surface area contributed by atoms with Gasteiger partial charge in [0.05, 0.1) is 29.3 Å². The van der Waals surface area contributed by atoms with Crippen molar-refractivity contribution < 1.29 is 14.6 Å². The predicted molar refractivity (Wildman–Crippen MR) is 119 cm³/mol. The number of aromatic nitrogens is 1. The number of benzene rings is 2. The summed E-state index contributed by atoms with van der Waals surface area (Å²) in [6.45, 7) is 3.36. The summed E-state index contributed by atoms with van der Waals surface area (Å²) < 4.78 is 6.11. The number of nitrogens with zero attached hydrogens (tertiary/aromatic N) is 2. The highest BCUT2D eigenvalue weighted by Crippen LogP contribution is 2.35. The minimum atomic E-state index is -0.680. The van der Waals surface area contributed by atoms with E-state index in [4.69, 9.17) is 27.9 Å². The molecule has 0 fully saturated rings. The molecule has 6 nitrogen and oxygen atoms in total. The van der Waals surface area contributed by atoms with Gasteiger partial charge in [-0.15, -0.1) is 0 Å². The van der Waals surface area contributed by atoms with Gasteiger partial charge in [0.15, 0.2) is 11.5 Å². The maximum atomic E-state index is 13.3. The first-order chi connectivity index (χ1) is 14.7. The maximum Gasteiger partial charge on any atom is 0.271 e. The van der Waals surface area contributed by atoms with E-state index in [0.29, 0.717) is 0 Å². The molecule has 3 aromatic rings. The van der Waals surface area contributed by atoms with Crippen LogP contribution >= 0.6 is 23.2 Å². The quantitative estimate of drug-likeness (QED) is 0.564. The minimum Gasteiger partial charge on any atom is -0.494 e. The van der Waals surface area contributed by atoms with Crippen LogP contribution < -0.4 is 10.3 Å². The molecule has 0 bridgehead atoms. The molecule has 1 N–H and O–H groups in total. The van der Waals surface area contributed by atoms with Gasteiger partial charge in [0.25, 0.3) is 5.56 Å². The molecule has 1 aromatic heterocycles. The van der Waals surface area contributed by atoms with E-state index in [1.165, 1.54) is 26.2 Å². The van der Waals surface area contributed by atoms with Crippen LogP contribution in [0.15, 0.2) is 41.2 Å². The summed E-state index contributed by atoms with van der Waals surface area (Å²) in [7, 11) is 1.39. The number of carbonyl (C=O) groups excluding carboxylic acids is 1. The molecule has 0 spiro atoms. The molecule has 0 saturated heterocycles. The van der Waals surface area contributed by atoms with E-state index in [1.54, 1.807) is 12.1 Å². The van der Waals surface area contributed by atoms with Crippen LogP contribution in [0.1, 0.15) is 38.2 Å². The Labute approximate surface area is 188 Å². The number of pyridine rings is 1. The van der Waals surface area contributed by atoms with Crippen molar-refractivity contribution >= 4 is 29.0 Å². The summed E-state index contributed by atoms with van der Waals surface area (Å²) in [5.74, 6) is -0.950. The Morgan fingerprint density at radius 3 is 2.26 bits per heavy atom. The van der Waals surface area contributed by atoms with Crippen molar-refractivity contribution in [3.8, 4) is 17.7 Å². The predicted octanol–water partition coefficient (Wildman–Crippen LogP) is 4.64. The van der Waals surface area contributed by atoms with E-state index < -0.39 is 17.2 Å². The Morgan fingerprint density at radius 2 is 1.74 bits per heavy atom. The first-order valence-corrected chi connectivity index (χ1v) is 9.94. The van der Waals surface area contributed by atoms with Gasteiger partial charge in [0.1, 0.15) is 11.6 Å². The number of methoxy groups -OCH3 is 1. The number of rotatable bonds is 5. The number of aryl methyl sites for hydroxylation is 1. The third kappa shape index (κ3) is 4.15. The van der Waals surface area contributed by atoms with Crippen LogP contribution in [-0.4, -0.2) is 22.6 Å². The smallest absolute Gasteiger partial charge is 0.271 e. The molecule has 158 valence electrons. The maximum absolute atomic E-state index is 13.3. The Balaban J connectivity index is 2.21. The van der Waals surface area contributed by atoms with Crippen LogP contribution in [0.25, 0.3) is 0 Å². The second-order valence-corrected chi connectivity index (χ2v) is 7.80. The third-order valence-corrected chi connectivity index (χ3v) is 5.51. The fourth-order valence-corrected chi connectivity index (χ4v) is 3.92. The molecule has 0 aliphatic rings. The van der Waals surface area contributed by atoms with Gasteiger partial charge in [-0.25, -0.2) is 0 Å². The van der Waals surface area contributed by atoms with E-state index in [0.717, 1.165) is 15.7 Å². The molecule has 0 saturated carbocycles. The SMILES string of the molecule is COc1c(Cl)cc(C(=O)c2c(C)c(C#N)c(=O)n(Cc3ccc(C)cc3)c2O)cc1Cl. The van der Waals surface area contributed by atoms with Crippen molar-refractivity contribution in [3.63, 3.8) is 0 Å². The van der Waals surface area contributed by atoms with E-state index in [1.807, 2.05) is 25.1 Å². The Bertz CT molecular complexity index is 1270. The van der Waals surface area contributed by atoms with Gasteiger partial charge in [-0.3, -0.25) is 14.2 Å². The lowest BCUT2D eigenvalue weighted by Gasteiger charge is -2.16. The molecular weight excluding hydrogens is 439 g/mol. The zero-order valence-electron chi connectivity index (χ0n) is 17.0. The summed E-state index contributed by atoms with van der Waals surface area (Å²) in [5.41, 5.74) is 0.854. The van der Waals surface area contributed by atoms with E-state index in [-0.39, 0.29) is 44.6 Å². The van der Waals surface area contributed by atoms with E-state index >= 15 is 0 Å². The Kier molecular flexibility index (Phi) is 6.40. The van der Waals surface area contributed by atoms with Crippen LogP contribution in [0, 0.1) is 25.2 Å². The Morgan fingerprint density at radius 1 is 1.16 bits per heavy atom. The molecule has 0 radical (unpaired) electrons. The molecule has 0 amide bonds. The molecule has 3 rings (SSSR count). The van der Waals surface area contributed by atoms with Gasteiger partial charge in [0, 0.05) is 5.56 Å². The molecule has 1 heterocycles. The summed E-state index contributed by atoms with van der Waals surface area (Å²) in [6, 6.07) is 11.9. The van der Waals surface area contributed by atoms with Crippen molar-refractivity contribution in [2.75, 3.05) is 7.11 Å². The largest absolute Gasteiger partial charge is 0.494 e. The number of ether oxygens (including phenoxy) is 1. The molecule has 0 unspecified atom stereocenters. The molecule has 0 aliphatic carbocycles. The molecular formula is C23H18Cl2N2O4. The van der Waals surface area contributed by atoms with Crippen LogP contribution in [0.3, 0.4) is 0 Å². The van der Waals surface area contributed by atoms with Crippen LogP contribution in [-0.2, 0) is 6.54 Å². The number of ketones is 1. The highest BCUT2D eigenvalue weighted by molar-refractivity contribution is 6.38. The molecule has 0 aliphatic heterocycles. The van der Waals surface area contributed by atoms with Crippen molar-refractivity contribution in [1.82, 2.24) is 4.57 Å².